The number of hydrogen-bond donors (Lipinski definition) is 0. The molecule has 4 nitrogen and oxygen atoms in total. The molecule has 0 aromatic carbocycles. The summed E-state index contributed by atoms with van der Waals surface area (Å²) >= 11 is 1.86. The van der Waals surface area contributed by atoms with Crippen LogP contribution in [0.4, 0.5) is 17.3 Å². The Labute approximate surface area is 221 Å². The van der Waals surface area contributed by atoms with E-state index in [9.17, 15) is 17.3 Å². The van der Waals surface area contributed by atoms with Crippen molar-refractivity contribution in [3.05, 3.63) is 102 Å². The first-order chi connectivity index (χ1) is 15.4. The van der Waals surface area contributed by atoms with Crippen LogP contribution in [0.5, 0.6) is 0 Å². The van der Waals surface area contributed by atoms with Crippen LogP contribution in [0.1, 0.15) is 32.1 Å². The zero-order valence-corrected chi connectivity index (χ0v) is 21.4. The molecule has 0 aliphatic heterocycles. The predicted octanol–water partition coefficient (Wildman–Crippen LogP) is 5.17. The van der Waals surface area contributed by atoms with E-state index < -0.39 is 7.25 Å². The molecule has 11 heteroatoms. The first-order valence-corrected chi connectivity index (χ1v) is 9.44. The van der Waals surface area contributed by atoms with Crippen LogP contribution in [0.2, 0.25) is 0 Å². The maximum atomic E-state index is 9.75. The summed E-state index contributed by atoms with van der Waals surface area (Å²) in [7, 11) is -6.00. The average molecular weight is 627 g/mol. The van der Waals surface area contributed by atoms with Crippen LogP contribution in [0, 0.1) is 90.8 Å². The van der Waals surface area contributed by atoms with Gasteiger partial charge in [-0.15, -0.1) is 0 Å². The third-order valence-corrected chi connectivity index (χ3v) is 3.05. The van der Waals surface area contributed by atoms with E-state index in [1.807, 2.05) is 83.6 Å². The van der Waals surface area contributed by atoms with E-state index in [0.29, 0.717) is 0 Å². The molecule has 0 atom stereocenters. The van der Waals surface area contributed by atoms with Crippen LogP contribution in [-0.2, 0) is 59.0 Å². The zero-order valence-electron chi connectivity index (χ0n) is 17.3. The van der Waals surface area contributed by atoms with Crippen molar-refractivity contribution in [3.63, 3.8) is 0 Å². The number of rotatable bonds is 0. The molecule has 3 aliphatic rings. The van der Waals surface area contributed by atoms with Crippen LogP contribution in [0.15, 0.2) is 11.3 Å². The monoisotopic (exact) mass is 631 g/mol. The normalized spacial score (nSPS) is 14.4. The molecular formula is C22H20BF4Mo2O4-. The van der Waals surface area contributed by atoms with Crippen LogP contribution < -0.4 is 0 Å². The second-order valence-corrected chi connectivity index (χ2v) is 5.31. The van der Waals surface area contributed by atoms with Crippen molar-refractivity contribution < 1.29 is 76.3 Å². The SMILES string of the molecule is F[B-](F)(F)F.[C-]#[O+].[C-]#[O+].[C-]#[O+].[C-]#[O+].[CH]1[CH][CH][CH][CH]1.[CH]1[CH][CH][CH][CH]1.[Mo].[Mo]=[C]=C=C1CCCCC1. The van der Waals surface area contributed by atoms with Gasteiger partial charge in [0.2, 0.25) is 0 Å². The van der Waals surface area contributed by atoms with E-state index in [2.05, 4.69) is 36.4 Å². The predicted molar refractivity (Wildman–Crippen MR) is 104 cm³/mol. The van der Waals surface area contributed by atoms with Crippen molar-refractivity contribution in [3.8, 4) is 0 Å². The Morgan fingerprint density at radius 2 is 0.818 bits per heavy atom. The second kappa shape index (κ2) is 45.1. The summed E-state index contributed by atoms with van der Waals surface area (Å²) in [5.74, 6) is 0. The number of allylic oxidation sites excluding steroid dienone is 1. The summed E-state index contributed by atoms with van der Waals surface area (Å²) in [4.78, 5) is 0. The topological polar surface area (TPSA) is 79.6 Å². The summed E-state index contributed by atoms with van der Waals surface area (Å²) in [6.45, 7) is 18.0. The van der Waals surface area contributed by atoms with Crippen LogP contribution in [0.3, 0.4) is 0 Å². The third kappa shape index (κ3) is 65.2. The molecule has 0 saturated heterocycles. The molecule has 0 N–H and O–H groups in total. The van der Waals surface area contributed by atoms with E-state index in [1.54, 1.807) is 0 Å². The summed E-state index contributed by atoms with van der Waals surface area (Å²) in [5.41, 5.74) is 4.63. The van der Waals surface area contributed by atoms with Gasteiger partial charge in [0.05, 0.1) is 0 Å². The average Bonchev–Trinajstić information content (AvgIpc) is 3.59. The molecule has 10 radical (unpaired) electrons. The van der Waals surface area contributed by atoms with Gasteiger partial charge < -0.3 is 17.3 Å². The Hall–Kier alpha value is -0.448. The van der Waals surface area contributed by atoms with Crippen molar-refractivity contribution in [2.75, 3.05) is 0 Å². The molecule has 0 bridgehead atoms. The van der Waals surface area contributed by atoms with E-state index in [4.69, 9.17) is 18.6 Å². The van der Waals surface area contributed by atoms with Gasteiger partial charge in [0.15, 0.2) is 0 Å². The molecular weight excluding hydrogens is 607 g/mol. The molecule has 3 fully saturated rings. The quantitative estimate of drug-likeness (QED) is 0.117. The van der Waals surface area contributed by atoms with Gasteiger partial charge in [0, 0.05) is 21.1 Å². The Morgan fingerprint density at radius 1 is 0.606 bits per heavy atom. The van der Waals surface area contributed by atoms with Crippen molar-refractivity contribution in [1.29, 1.82) is 0 Å². The molecule has 3 saturated carbocycles. The Morgan fingerprint density at radius 3 is 1.00 bits per heavy atom. The number of halogens is 4. The molecule has 0 amide bonds. The van der Waals surface area contributed by atoms with Crippen LogP contribution >= 0.6 is 0 Å². The minimum absolute atomic E-state index is 0. The fourth-order valence-electron chi connectivity index (χ4n) is 1.82. The summed E-state index contributed by atoms with van der Waals surface area (Å²) in [6, 6.07) is 0. The molecule has 3 aliphatic carbocycles. The second-order valence-electron chi connectivity index (χ2n) is 4.81. The standard InChI is InChI=1S/C8H10.2C5H5.4CO.BF4.2Mo/c1-2-8-6-4-3-5-7-8;2*1-2-4-5-3-1;4*1-2;2-1(3,4)5;;/h3-7H2;2*1-5H;;;;;;;/q;;;;;;;-1;;. The van der Waals surface area contributed by atoms with Gasteiger partial charge in [0.25, 0.3) is 0 Å². The van der Waals surface area contributed by atoms with Gasteiger partial charge in [0.1, 0.15) is 0 Å². The van der Waals surface area contributed by atoms with E-state index in [-0.39, 0.29) is 21.1 Å². The van der Waals surface area contributed by atoms with E-state index in [0.717, 1.165) is 0 Å². The van der Waals surface area contributed by atoms with Crippen molar-refractivity contribution >= 4 is 11.3 Å². The van der Waals surface area contributed by atoms with Crippen molar-refractivity contribution in [1.82, 2.24) is 0 Å². The summed E-state index contributed by atoms with van der Waals surface area (Å²) < 4.78 is 72.0. The Bertz CT molecular complexity index is 481. The van der Waals surface area contributed by atoms with Crippen molar-refractivity contribution in [2.24, 2.45) is 0 Å². The molecule has 0 unspecified atom stereocenters. The molecule has 33 heavy (non-hydrogen) atoms. The first-order valence-electron chi connectivity index (χ1n) is 8.43. The zero-order chi connectivity index (χ0) is 26.1. The fraction of sp³-hybridized carbons (Fsp3) is 0.227. The van der Waals surface area contributed by atoms with Gasteiger partial charge in [-0.25, -0.2) is 0 Å². The fourth-order valence-corrected chi connectivity index (χ4v) is 2.17. The molecule has 0 spiro atoms. The van der Waals surface area contributed by atoms with Crippen LogP contribution in [-0.4, -0.2) is 11.3 Å². The number of hydrogen-bond acceptors (Lipinski definition) is 0. The Kier molecular flexibility index (Phi) is 62.8. The van der Waals surface area contributed by atoms with E-state index in [1.165, 1.54) is 37.7 Å². The minimum atomic E-state index is -6.00. The maximum absolute atomic E-state index is 9.75. The summed E-state index contributed by atoms with van der Waals surface area (Å²) in [6.07, 6.45) is 26.7. The Balaban J connectivity index is -0.0000000678. The molecule has 0 aromatic heterocycles. The van der Waals surface area contributed by atoms with E-state index >= 15 is 0 Å². The van der Waals surface area contributed by atoms with Gasteiger partial charge in [-0.2, -0.15) is 0 Å². The molecule has 0 heterocycles. The third-order valence-electron chi connectivity index (χ3n) is 2.80. The molecule has 3 rings (SSSR count). The first kappa shape index (κ1) is 46.0. The van der Waals surface area contributed by atoms with Gasteiger partial charge in [-0.3, -0.25) is 0 Å². The molecule has 176 valence electrons. The van der Waals surface area contributed by atoms with Gasteiger partial charge >= 0.3 is 119 Å². The van der Waals surface area contributed by atoms with Crippen molar-refractivity contribution in [2.45, 2.75) is 32.1 Å². The summed E-state index contributed by atoms with van der Waals surface area (Å²) in [5, 5.41) is 0. The van der Waals surface area contributed by atoms with Gasteiger partial charge in [-0.05, 0) is 64.2 Å². The van der Waals surface area contributed by atoms with Crippen LogP contribution in [0.25, 0.3) is 0 Å². The molecule has 0 aromatic rings. The van der Waals surface area contributed by atoms with Gasteiger partial charge in [-0.1, -0.05) is 0 Å².